The number of amides is 1. The van der Waals surface area contributed by atoms with Gasteiger partial charge in [0.15, 0.2) is 19.4 Å². The molecule has 0 spiro atoms. The minimum Gasteiger partial charge on any atom is -0.386 e. The van der Waals surface area contributed by atoms with Gasteiger partial charge < -0.3 is 48.4 Å². The van der Waals surface area contributed by atoms with Gasteiger partial charge in [-0.15, -0.1) is 0 Å². The van der Waals surface area contributed by atoms with Gasteiger partial charge in [0, 0.05) is 71.8 Å². The lowest BCUT2D eigenvalue weighted by Gasteiger charge is -2.43. The fraction of sp³-hybridized carbons (Fsp3) is 0.736. The molecule has 3 aliphatic heterocycles. The first kappa shape index (κ1) is 58.6. The highest BCUT2D eigenvalue weighted by Gasteiger charge is 2.53. The van der Waals surface area contributed by atoms with E-state index in [2.05, 4.69) is 0 Å². The Morgan fingerprint density at radius 2 is 1.58 bits per heavy atom. The predicted molar refractivity (Wildman–Crippen MR) is 264 cm³/mol. The van der Waals surface area contributed by atoms with Crippen molar-refractivity contribution in [2.45, 2.75) is 174 Å². The Labute approximate surface area is 411 Å². The summed E-state index contributed by atoms with van der Waals surface area (Å²) in [4.78, 5) is 57.8. The lowest BCUT2D eigenvalue weighted by molar-refractivity contribution is -0.266. The molecule has 390 valence electrons. The van der Waals surface area contributed by atoms with Crippen molar-refractivity contribution in [3.05, 3.63) is 59.8 Å². The van der Waals surface area contributed by atoms with Crippen molar-refractivity contribution >= 4 is 30.6 Å². The molecule has 1 amide bonds. The van der Waals surface area contributed by atoms with Gasteiger partial charge in [0.2, 0.25) is 5.79 Å². The van der Waals surface area contributed by atoms with Crippen molar-refractivity contribution < 1.29 is 67.3 Å². The van der Waals surface area contributed by atoms with Crippen molar-refractivity contribution in [2.24, 2.45) is 35.5 Å². The van der Waals surface area contributed by atoms with Crippen molar-refractivity contribution in [3.8, 4) is 0 Å². The summed E-state index contributed by atoms with van der Waals surface area (Å²) < 4.78 is 48.4. The molecule has 2 fully saturated rings. The fourth-order valence-corrected chi connectivity index (χ4v) is 11.3. The second-order valence-electron chi connectivity index (χ2n) is 20.7. The van der Waals surface area contributed by atoms with Crippen LogP contribution in [0.5, 0.6) is 0 Å². The average molecular weight is 990 g/mol. The Bertz CT molecular complexity index is 1940. The molecule has 3 N–H and O–H groups in total. The van der Waals surface area contributed by atoms with Crippen LogP contribution < -0.4 is 0 Å². The van der Waals surface area contributed by atoms with E-state index in [1.165, 1.54) is 12.0 Å². The normalized spacial score (nSPS) is 40.0. The highest BCUT2D eigenvalue weighted by molar-refractivity contribution is 7.57. The van der Waals surface area contributed by atoms with Crippen LogP contribution in [0.1, 0.15) is 113 Å². The first-order valence-corrected chi connectivity index (χ1v) is 27.5. The van der Waals surface area contributed by atoms with Crippen LogP contribution >= 0.6 is 7.37 Å². The van der Waals surface area contributed by atoms with Gasteiger partial charge in [-0.1, -0.05) is 83.2 Å². The number of hydrogen-bond donors (Lipinski definition) is 3. The number of ether oxygens (including phenoxy) is 5. The molecule has 2 bridgehead atoms. The van der Waals surface area contributed by atoms with Crippen LogP contribution in [0.15, 0.2) is 59.8 Å². The number of aliphatic hydroxyl groups is 3. The summed E-state index contributed by atoms with van der Waals surface area (Å²) in [5.74, 6) is -7.21. The Morgan fingerprint density at radius 1 is 0.870 bits per heavy atom. The van der Waals surface area contributed by atoms with Gasteiger partial charge in [-0.25, -0.2) is 0 Å². The van der Waals surface area contributed by atoms with Crippen molar-refractivity contribution in [1.82, 2.24) is 4.90 Å². The van der Waals surface area contributed by atoms with Crippen molar-refractivity contribution in [1.29, 1.82) is 0 Å². The zero-order valence-corrected chi connectivity index (χ0v) is 44.2. The second kappa shape index (κ2) is 26.7. The average Bonchev–Trinajstić information content (AvgIpc) is 3.30. The van der Waals surface area contributed by atoms with Crippen LogP contribution in [0.2, 0.25) is 0 Å². The summed E-state index contributed by atoms with van der Waals surface area (Å²) in [7, 11) is 1.78. The van der Waals surface area contributed by atoms with E-state index in [0.29, 0.717) is 50.5 Å². The van der Waals surface area contributed by atoms with E-state index in [9.17, 15) is 39.1 Å². The Balaban J connectivity index is 1.70. The number of rotatable bonds is 8. The molecule has 3 heterocycles. The third kappa shape index (κ3) is 16.3. The maximum atomic E-state index is 14.3. The zero-order chi connectivity index (χ0) is 51.4. The van der Waals surface area contributed by atoms with Crippen LogP contribution in [-0.2, 0) is 52.0 Å². The molecule has 15 nitrogen and oxygen atoms in total. The predicted octanol–water partition coefficient (Wildman–Crippen LogP) is 7.31. The van der Waals surface area contributed by atoms with Gasteiger partial charge in [-0.2, -0.15) is 0 Å². The molecule has 0 aromatic carbocycles. The van der Waals surface area contributed by atoms with E-state index >= 15 is 0 Å². The third-order valence-corrected chi connectivity index (χ3v) is 15.5. The standard InChI is InChI=1S/C53H84NO14P/c1-32-18-14-13-15-19-33(2)44(63-8)30-40-23-21-38(7)53(61,67-40)50(58)51(59)54-25-17-16-20-41(54)52(60)66-45(35(4)28-39-22-24-43(46(29-39)64-9)68-69(11,12)62)31-42(55)34(3)27-37(6)48(57)49(65-10)47(56)36(5)26-32/h13-19,27,32,34-36,38-41,43-46,48-49,52,57,60-61H,20-26,28-31H2,1-12H3/b15-13+,18-14+,33-19+,37-27+/t32-,34-,35-,36-,38-,39+,40+,41+,43+,44+,45+,46-,48-,49+,52-,53-/m1/s1. The van der Waals surface area contributed by atoms with Gasteiger partial charge in [0.1, 0.15) is 18.0 Å². The van der Waals surface area contributed by atoms with Gasteiger partial charge >= 0.3 is 0 Å². The summed E-state index contributed by atoms with van der Waals surface area (Å²) in [6, 6.07) is -1.05. The molecule has 16 heteroatoms. The third-order valence-electron chi connectivity index (χ3n) is 14.7. The smallest absolute Gasteiger partial charge is 0.296 e. The molecule has 0 aromatic heterocycles. The maximum Gasteiger partial charge on any atom is 0.296 e. The summed E-state index contributed by atoms with van der Waals surface area (Å²) in [6.07, 6.45) is 12.3. The van der Waals surface area contributed by atoms with Crippen molar-refractivity contribution in [2.75, 3.05) is 41.2 Å². The number of carbonyl (C=O) groups excluding carboxylic acids is 4. The molecule has 69 heavy (non-hydrogen) atoms. The quantitative estimate of drug-likeness (QED) is 0.124. The number of nitrogens with zero attached hydrogens (tertiary/aromatic N) is 1. The van der Waals surface area contributed by atoms with Crippen LogP contribution in [0.3, 0.4) is 0 Å². The number of allylic oxidation sites excluding steroid dienone is 6. The molecule has 1 aliphatic carbocycles. The number of carbonyl (C=O) groups is 4. The molecule has 4 aliphatic rings. The first-order chi connectivity index (χ1) is 32.4. The molecular formula is C53H84NO14P. The minimum atomic E-state index is -2.78. The van der Waals surface area contributed by atoms with Gasteiger partial charge in [0.05, 0.1) is 36.6 Å². The van der Waals surface area contributed by atoms with Crippen LogP contribution in [0.25, 0.3) is 0 Å². The summed E-state index contributed by atoms with van der Waals surface area (Å²) in [5.41, 5.74) is 1.27. The first-order valence-electron chi connectivity index (χ1n) is 24.9. The summed E-state index contributed by atoms with van der Waals surface area (Å²) in [6.45, 7) is 15.8. The van der Waals surface area contributed by atoms with E-state index < -0.39 is 85.5 Å². The van der Waals surface area contributed by atoms with Crippen molar-refractivity contribution in [3.63, 3.8) is 0 Å². The molecule has 16 atom stereocenters. The van der Waals surface area contributed by atoms with Crippen LogP contribution in [0, 0.1) is 35.5 Å². The largest absolute Gasteiger partial charge is 0.386 e. The number of fused-ring (bicyclic) bond motifs is 3. The lowest BCUT2D eigenvalue weighted by Crippen LogP contribution is -2.61. The lowest BCUT2D eigenvalue weighted by atomic mass is 9.78. The summed E-state index contributed by atoms with van der Waals surface area (Å²) in [5, 5.41) is 35.5. The van der Waals surface area contributed by atoms with E-state index in [1.54, 1.807) is 66.5 Å². The van der Waals surface area contributed by atoms with E-state index in [0.717, 1.165) is 12.0 Å². The highest BCUT2D eigenvalue weighted by Crippen LogP contribution is 2.45. The number of aliphatic hydroxyl groups excluding tert-OH is 2. The highest BCUT2D eigenvalue weighted by atomic mass is 31.2. The Kier molecular flexibility index (Phi) is 22.6. The number of methoxy groups -OCH3 is 3. The molecule has 0 radical (unpaired) electrons. The Morgan fingerprint density at radius 3 is 2.23 bits per heavy atom. The van der Waals surface area contributed by atoms with Crippen LogP contribution in [0.4, 0.5) is 0 Å². The Hall–Kier alpha value is -2.95. The minimum absolute atomic E-state index is 0.0144. The fourth-order valence-electron chi connectivity index (χ4n) is 10.4. The topological polar surface area (TPSA) is 205 Å². The maximum absolute atomic E-state index is 14.3. The van der Waals surface area contributed by atoms with E-state index in [1.807, 2.05) is 58.1 Å². The number of Topliss-reactive ketones (excluding diaryl/α,β-unsaturated/α-hetero) is 3. The molecule has 0 aromatic rings. The molecule has 4 rings (SSSR count). The van der Waals surface area contributed by atoms with E-state index in [-0.39, 0.29) is 60.9 Å². The summed E-state index contributed by atoms with van der Waals surface area (Å²) >= 11 is 0. The monoisotopic (exact) mass is 990 g/mol. The van der Waals surface area contributed by atoms with E-state index in [4.69, 9.17) is 28.2 Å². The van der Waals surface area contributed by atoms with Gasteiger partial charge in [0.25, 0.3) is 11.7 Å². The van der Waals surface area contributed by atoms with Gasteiger partial charge in [-0.05, 0) is 94.1 Å². The number of hydrogen-bond acceptors (Lipinski definition) is 14. The zero-order valence-electron chi connectivity index (χ0n) is 43.3. The molecule has 1 saturated carbocycles. The molecular weight excluding hydrogens is 906 g/mol. The molecule has 0 unspecified atom stereocenters. The van der Waals surface area contributed by atoms with Gasteiger partial charge in [-0.3, -0.25) is 23.7 Å². The van der Waals surface area contributed by atoms with Crippen LogP contribution in [-0.4, -0.2) is 146 Å². The second-order valence-corrected chi connectivity index (χ2v) is 23.4. The SMILES string of the molecule is CO[C@H]1C[C@@H]2CC[C@@H](C)[C@@](O)(O2)C(=O)C(=O)N2CC=CC[C@H]2[C@H](O)O[C@H]([C@H](C)C[C@@H]2CC[C@H](OP(C)(C)=O)[C@H](OC)C2)CC(=O)[C@H](C)/C=C(\C)[C@@H](O)[C@@H](OC)C(=O)[C@H](C)C[C@H](C)/C=C/C=C/C=C/1C. The number of ketones is 3. The molecule has 1 saturated heterocycles.